The molecule has 2 rings (SSSR count). The molecule has 17 heavy (non-hydrogen) atoms. The molecule has 1 saturated heterocycles. The minimum Gasteiger partial charge on any atom is -0.298 e. The first-order valence-corrected chi connectivity index (χ1v) is 5.01. The van der Waals surface area contributed by atoms with Crippen molar-refractivity contribution in [2.24, 2.45) is 0 Å². The number of halogens is 1. The van der Waals surface area contributed by atoms with Crippen molar-refractivity contribution in [1.29, 1.82) is 0 Å². The first-order chi connectivity index (χ1) is 8.04. The van der Waals surface area contributed by atoms with Crippen LogP contribution in [0.25, 0.3) is 0 Å². The number of hydrogen-bond donors (Lipinski definition) is 1. The maximum atomic E-state index is 11.5. The van der Waals surface area contributed by atoms with Crippen molar-refractivity contribution in [3.8, 4) is 0 Å². The van der Waals surface area contributed by atoms with Gasteiger partial charge in [0.15, 0.2) is 0 Å². The third kappa shape index (κ3) is 1.81. The molecule has 0 spiro atoms. The summed E-state index contributed by atoms with van der Waals surface area (Å²) in [6.45, 7) is 3.49. The molecular formula is C11H7ClN2O3. The molecule has 3 amide bonds. The Labute approximate surface area is 102 Å². The fourth-order valence-corrected chi connectivity index (χ4v) is 1.68. The van der Waals surface area contributed by atoms with Crippen molar-refractivity contribution in [2.45, 2.75) is 0 Å². The molecule has 0 saturated carbocycles. The number of anilines is 1. The van der Waals surface area contributed by atoms with Gasteiger partial charge in [-0.15, -0.1) is 0 Å². The Balaban J connectivity index is 2.53. The van der Waals surface area contributed by atoms with Crippen LogP contribution in [-0.4, -0.2) is 18.2 Å². The van der Waals surface area contributed by atoms with Gasteiger partial charge in [0.2, 0.25) is 0 Å². The normalized spacial score (nSPS) is 15.1. The summed E-state index contributed by atoms with van der Waals surface area (Å²) in [5, 5.41) is 2.33. The van der Waals surface area contributed by atoms with Gasteiger partial charge in [0, 0.05) is 5.56 Å². The average Bonchev–Trinajstić information content (AvgIpc) is 2.55. The number of nitrogens with one attached hydrogen (secondary N) is 1. The molecule has 1 aromatic carbocycles. The number of urea groups is 1. The summed E-state index contributed by atoms with van der Waals surface area (Å²) in [5.74, 6) is -0.581. The smallest absolute Gasteiger partial charge is 0.298 e. The highest BCUT2D eigenvalue weighted by molar-refractivity contribution is 6.35. The summed E-state index contributed by atoms with van der Waals surface area (Å²) in [5.41, 5.74) is 0.578. The Hall–Kier alpha value is -2.14. The lowest BCUT2D eigenvalue weighted by atomic mass is 10.2. The molecule has 0 unspecified atom stereocenters. The van der Waals surface area contributed by atoms with Crippen molar-refractivity contribution in [1.82, 2.24) is 5.32 Å². The number of amides is 3. The van der Waals surface area contributed by atoms with Crippen molar-refractivity contribution in [2.75, 3.05) is 4.90 Å². The molecule has 5 nitrogen and oxygen atoms in total. The highest BCUT2D eigenvalue weighted by Crippen LogP contribution is 2.30. The molecule has 1 N–H and O–H groups in total. The van der Waals surface area contributed by atoms with Gasteiger partial charge in [-0.2, -0.15) is 0 Å². The van der Waals surface area contributed by atoms with E-state index in [1.54, 1.807) is 0 Å². The summed E-state index contributed by atoms with van der Waals surface area (Å²) < 4.78 is 0. The first-order valence-electron chi connectivity index (χ1n) is 4.63. The molecule has 0 aromatic heterocycles. The maximum Gasteiger partial charge on any atom is 0.333 e. The van der Waals surface area contributed by atoms with Crippen molar-refractivity contribution >= 4 is 35.5 Å². The molecule has 0 aliphatic carbocycles. The van der Waals surface area contributed by atoms with Crippen molar-refractivity contribution in [3.63, 3.8) is 0 Å². The van der Waals surface area contributed by atoms with Crippen LogP contribution >= 0.6 is 11.6 Å². The van der Waals surface area contributed by atoms with Crippen LogP contribution in [0.2, 0.25) is 5.02 Å². The predicted molar refractivity (Wildman–Crippen MR) is 62.0 cm³/mol. The largest absolute Gasteiger partial charge is 0.333 e. The van der Waals surface area contributed by atoms with Gasteiger partial charge in [0.1, 0.15) is 12.0 Å². The van der Waals surface area contributed by atoms with E-state index in [9.17, 15) is 14.4 Å². The minimum atomic E-state index is -0.634. The third-order valence-corrected chi connectivity index (χ3v) is 2.62. The number of hydrogen-bond acceptors (Lipinski definition) is 3. The van der Waals surface area contributed by atoms with Gasteiger partial charge in [-0.25, -0.2) is 4.79 Å². The van der Waals surface area contributed by atoms with Crippen LogP contribution in [0, 0.1) is 0 Å². The van der Waals surface area contributed by atoms with E-state index in [0.29, 0.717) is 11.8 Å². The lowest BCUT2D eigenvalue weighted by Gasteiger charge is -2.16. The number of benzene rings is 1. The summed E-state index contributed by atoms with van der Waals surface area (Å²) in [4.78, 5) is 34.5. The zero-order chi connectivity index (χ0) is 12.6. The number of rotatable bonds is 2. The average molecular weight is 251 g/mol. The van der Waals surface area contributed by atoms with Crippen LogP contribution < -0.4 is 10.2 Å². The fourth-order valence-electron chi connectivity index (χ4n) is 1.48. The van der Waals surface area contributed by atoms with Crippen LogP contribution in [0.5, 0.6) is 0 Å². The summed E-state index contributed by atoms with van der Waals surface area (Å²) in [7, 11) is 0. The van der Waals surface area contributed by atoms with E-state index in [1.807, 2.05) is 0 Å². The molecule has 86 valence electrons. The molecule has 6 heteroatoms. The Bertz CT molecular complexity index is 554. The van der Waals surface area contributed by atoms with Crippen molar-refractivity contribution < 1.29 is 14.4 Å². The van der Waals surface area contributed by atoms with Gasteiger partial charge in [-0.3, -0.25) is 19.8 Å². The van der Waals surface area contributed by atoms with E-state index in [1.165, 1.54) is 18.2 Å². The van der Waals surface area contributed by atoms with E-state index in [2.05, 4.69) is 11.9 Å². The SMILES string of the molecule is C=C1C(=O)NC(=O)N1c1cc(C=O)ccc1Cl. The number of imide groups is 1. The topological polar surface area (TPSA) is 66.5 Å². The van der Waals surface area contributed by atoms with Crippen LogP contribution in [0.4, 0.5) is 10.5 Å². The quantitative estimate of drug-likeness (QED) is 0.494. The Kier molecular flexibility index (Phi) is 2.69. The third-order valence-electron chi connectivity index (χ3n) is 2.30. The van der Waals surface area contributed by atoms with Crippen LogP contribution in [0.1, 0.15) is 10.4 Å². The molecule has 1 aliphatic heterocycles. The second-order valence-corrected chi connectivity index (χ2v) is 3.78. The lowest BCUT2D eigenvalue weighted by molar-refractivity contribution is -0.115. The van der Waals surface area contributed by atoms with E-state index in [4.69, 9.17) is 11.6 Å². The Morgan fingerprint density at radius 2 is 2.06 bits per heavy atom. The number of aldehydes is 1. The molecule has 0 bridgehead atoms. The van der Waals surface area contributed by atoms with Gasteiger partial charge >= 0.3 is 6.03 Å². The second-order valence-electron chi connectivity index (χ2n) is 3.37. The standard InChI is InChI=1S/C11H7ClN2O3/c1-6-10(16)13-11(17)14(6)9-4-7(5-15)2-3-8(9)12/h2-5H,1H2,(H,13,16,17). The zero-order valence-corrected chi connectivity index (χ0v) is 9.32. The van der Waals surface area contributed by atoms with E-state index in [-0.39, 0.29) is 16.4 Å². The molecule has 1 heterocycles. The van der Waals surface area contributed by atoms with E-state index >= 15 is 0 Å². The highest BCUT2D eigenvalue weighted by atomic mass is 35.5. The summed E-state index contributed by atoms with van der Waals surface area (Å²) in [6.07, 6.45) is 0.623. The van der Waals surface area contributed by atoms with Gasteiger partial charge in [-0.05, 0) is 12.1 Å². The maximum absolute atomic E-state index is 11.5. The van der Waals surface area contributed by atoms with Gasteiger partial charge in [-0.1, -0.05) is 24.2 Å². The monoisotopic (exact) mass is 250 g/mol. The van der Waals surface area contributed by atoms with E-state index in [0.717, 1.165) is 4.90 Å². The molecule has 1 fully saturated rings. The highest BCUT2D eigenvalue weighted by Gasteiger charge is 2.33. The van der Waals surface area contributed by atoms with Crippen LogP contribution in [-0.2, 0) is 4.79 Å². The zero-order valence-electron chi connectivity index (χ0n) is 8.57. The Morgan fingerprint density at radius 1 is 1.35 bits per heavy atom. The number of nitrogens with zero attached hydrogens (tertiary/aromatic N) is 1. The summed E-state index contributed by atoms with van der Waals surface area (Å²) >= 11 is 5.92. The van der Waals surface area contributed by atoms with Gasteiger partial charge < -0.3 is 0 Å². The van der Waals surface area contributed by atoms with Gasteiger partial charge in [0.25, 0.3) is 5.91 Å². The second kappa shape index (κ2) is 4.03. The molecule has 1 aromatic rings. The van der Waals surface area contributed by atoms with Gasteiger partial charge in [0.05, 0.1) is 10.7 Å². The van der Waals surface area contributed by atoms with Crippen LogP contribution in [0.3, 0.4) is 0 Å². The predicted octanol–water partition coefficient (Wildman–Crippen LogP) is 1.72. The number of carbonyl (C=O) groups excluding carboxylic acids is 3. The van der Waals surface area contributed by atoms with Crippen LogP contribution in [0.15, 0.2) is 30.5 Å². The number of carbonyl (C=O) groups is 3. The molecule has 0 radical (unpaired) electrons. The van der Waals surface area contributed by atoms with Crippen molar-refractivity contribution in [3.05, 3.63) is 41.1 Å². The Morgan fingerprint density at radius 3 is 2.59 bits per heavy atom. The first kappa shape index (κ1) is 11.3. The molecule has 0 atom stereocenters. The lowest BCUT2D eigenvalue weighted by Crippen LogP contribution is -2.27. The fraction of sp³-hybridized carbons (Fsp3) is 0. The summed E-state index contributed by atoms with van der Waals surface area (Å²) in [6, 6.07) is 3.77. The molecule has 1 aliphatic rings. The minimum absolute atomic E-state index is 0.0278. The molecular weight excluding hydrogens is 244 g/mol. The van der Waals surface area contributed by atoms with E-state index < -0.39 is 11.9 Å².